The van der Waals surface area contributed by atoms with Gasteiger partial charge in [0, 0.05) is 38.1 Å². The molecule has 4 nitrogen and oxygen atoms in total. The molecule has 0 bridgehead atoms. The van der Waals surface area contributed by atoms with Gasteiger partial charge in [-0.15, -0.1) is 0 Å². The fourth-order valence-electron chi connectivity index (χ4n) is 4.03. The van der Waals surface area contributed by atoms with E-state index in [1.54, 1.807) is 16.4 Å². The van der Waals surface area contributed by atoms with Crippen molar-refractivity contribution in [2.24, 2.45) is 5.92 Å². The second kappa shape index (κ2) is 7.17. The molecule has 4 rings (SSSR count). The molecule has 0 amide bonds. The van der Waals surface area contributed by atoms with Crippen molar-refractivity contribution in [2.75, 3.05) is 19.6 Å². The molecule has 0 spiro atoms. The number of hydrogen-bond donors (Lipinski definition) is 0. The number of benzene rings is 2. The third-order valence-corrected chi connectivity index (χ3v) is 7.35. The zero-order chi connectivity index (χ0) is 19.9. The Hall–Kier alpha value is -1.90. The highest BCUT2D eigenvalue weighted by Gasteiger charge is 2.48. The molecule has 150 valence electrons. The van der Waals surface area contributed by atoms with E-state index in [1.165, 1.54) is 12.1 Å². The van der Waals surface area contributed by atoms with E-state index < -0.39 is 21.8 Å². The monoisotopic (exact) mass is 410 g/mol. The zero-order valence-corrected chi connectivity index (χ0v) is 16.0. The third kappa shape index (κ3) is 3.94. The van der Waals surface area contributed by atoms with E-state index in [4.69, 9.17) is 0 Å². The van der Waals surface area contributed by atoms with Gasteiger partial charge in [0.2, 0.25) is 10.0 Å². The molecule has 0 radical (unpaired) electrons. The molecule has 2 saturated heterocycles. The summed E-state index contributed by atoms with van der Waals surface area (Å²) in [4.78, 5) is 2.14. The van der Waals surface area contributed by atoms with Gasteiger partial charge in [-0.3, -0.25) is 4.90 Å². The molecular weight excluding hydrogens is 389 g/mol. The van der Waals surface area contributed by atoms with E-state index in [2.05, 4.69) is 4.90 Å². The molecule has 0 aliphatic carbocycles. The number of alkyl halides is 3. The number of sulfonamides is 1. The lowest BCUT2D eigenvalue weighted by Gasteiger charge is -2.43. The first kappa shape index (κ1) is 19.4. The van der Waals surface area contributed by atoms with Crippen molar-refractivity contribution in [1.29, 1.82) is 0 Å². The lowest BCUT2D eigenvalue weighted by atomic mass is 9.91. The summed E-state index contributed by atoms with van der Waals surface area (Å²) in [5.41, 5.74) is 0.914. The lowest BCUT2D eigenvalue weighted by molar-refractivity contribution is -0.137. The predicted octanol–water partition coefficient (Wildman–Crippen LogP) is 3.35. The summed E-state index contributed by atoms with van der Waals surface area (Å²) in [5.74, 6) is 0.284. The van der Waals surface area contributed by atoms with Crippen LogP contribution in [0.5, 0.6) is 0 Å². The van der Waals surface area contributed by atoms with E-state index in [1.807, 2.05) is 18.2 Å². The average molecular weight is 410 g/mol. The van der Waals surface area contributed by atoms with Crippen LogP contribution in [0.1, 0.15) is 16.7 Å². The molecule has 2 heterocycles. The molecule has 8 heteroatoms. The summed E-state index contributed by atoms with van der Waals surface area (Å²) in [5, 5.41) is 0. The largest absolute Gasteiger partial charge is 0.416 e. The van der Waals surface area contributed by atoms with E-state index in [0.29, 0.717) is 25.6 Å². The van der Waals surface area contributed by atoms with Gasteiger partial charge in [0.15, 0.2) is 0 Å². The first-order chi connectivity index (χ1) is 13.2. The number of nitrogens with zero attached hydrogens (tertiary/aromatic N) is 2. The number of halogens is 3. The van der Waals surface area contributed by atoms with Crippen LogP contribution in [0, 0.1) is 5.92 Å². The van der Waals surface area contributed by atoms with Gasteiger partial charge in [-0.2, -0.15) is 17.5 Å². The van der Waals surface area contributed by atoms with Crippen LogP contribution in [0.2, 0.25) is 0 Å². The summed E-state index contributed by atoms with van der Waals surface area (Å²) in [7, 11) is -3.38. The summed E-state index contributed by atoms with van der Waals surface area (Å²) < 4.78 is 65.0. The van der Waals surface area contributed by atoms with Gasteiger partial charge in [-0.1, -0.05) is 42.5 Å². The second-order valence-corrected chi connectivity index (χ2v) is 9.48. The third-order valence-electron chi connectivity index (χ3n) is 5.56. The molecule has 2 atom stereocenters. The van der Waals surface area contributed by atoms with Crippen LogP contribution in [0.25, 0.3) is 0 Å². The molecular formula is C20H21F3N2O2S. The normalized spacial score (nSPS) is 23.4. The molecule has 2 fully saturated rings. The standard InChI is InChI=1S/C20H21F3N2O2S/c21-20(22,23)18-8-6-15(7-9-18)10-24-11-17-12-25(13-19(17)24)28(26,27)14-16-4-2-1-3-5-16/h1-9,17,19H,10-14H2/t17-,19-/m1/s1. The second-order valence-electron chi connectivity index (χ2n) is 7.51. The number of hydrogen-bond acceptors (Lipinski definition) is 3. The Labute approximate surface area is 162 Å². The van der Waals surface area contributed by atoms with Gasteiger partial charge in [-0.05, 0) is 23.3 Å². The van der Waals surface area contributed by atoms with Crippen LogP contribution < -0.4 is 0 Å². The van der Waals surface area contributed by atoms with E-state index in [0.717, 1.165) is 29.8 Å². The molecule has 0 unspecified atom stereocenters. The number of rotatable bonds is 5. The minimum atomic E-state index is -4.33. The fraction of sp³-hybridized carbons (Fsp3) is 0.400. The first-order valence-corrected chi connectivity index (χ1v) is 10.8. The van der Waals surface area contributed by atoms with Crippen molar-refractivity contribution in [3.05, 3.63) is 71.3 Å². The first-order valence-electron chi connectivity index (χ1n) is 9.14. The highest BCUT2D eigenvalue weighted by molar-refractivity contribution is 7.88. The molecule has 2 aliphatic heterocycles. The lowest BCUT2D eigenvalue weighted by Crippen LogP contribution is -2.54. The van der Waals surface area contributed by atoms with E-state index in [9.17, 15) is 21.6 Å². The number of likely N-dealkylation sites (tertiary alicyclic amines) is 1. The van der Waals surface area contributed by atoms with Crippen molar-refractivity contribution >= 4 is 10.0 Å². The summed E-state index contributed by atoms with van der Waals surface area (Å²) >= 11 is 0. The van der Waals surface area contributed by atoms with Crippen LogP contribution in [0.4, 0.5) is 13.2 Å². The fourth-order valence-corrected chi connectivity index (χ4v) is 5.62. The maximum Gasteiger partial charge on any atom is 0.416 e. The van der Waals surface area contributed by atoms with Gasteiger partial charge in [0.1, 0.15) is 0 Å². The van der Waals surface area contributed by atoms with Gasteiger partial charge in [0.05, 0.1) is 11.3 Å². The van der Waals surface area contributed by atoms with E-state index >= 15 is 0 Å². The molecule has 2 aromatic rings. The molecule has 28 heavy (non-hydrogen) atoms. The quantitative estimate of drug-likeness (QED) is 0.759. The Kier molecular flexibility index (Phi) is 4.97. The minimum Gasteiger partial charge on any atom is -0.294 e. The summed E-state index contributed by atoms with van der Waals surface area (Å²) in [6.45, 7) is 2.26. The smallest absolute Gasteiger partial charge is 0.294 e. The van der Waals surface area contributed by atoms with Crippen molar-refractivity contribution in [3.63, 3.8) is 0 Å². The summed E-state index contributed by atoms with van der Waals surface area (Å²) in [6.07, 6.45) is -4.33. The Morgan fingerprint density at radius 1 is 0.893 bits per heavy atom. The highest BCUT2D eigenvalue weighted by Crippen LogP contribution is 2.36. The highest BCUT2D eigenvalue weighted by atomic mass is 32.2. The van der Waals surface area contributed by atoms with E-state index in [-0.39, 0.29) is 11.8 Å². The predicted molar refractivity (Wildman–Crippen MR) is 99.8 cm³/mol. The van der Waals surface area contributed by atoms with Crippen molar-refractivity contribution < 1.29 is 21.6 Å². The van der Waals surface area contributed by atoms with Gasteiger partial charge < -0.3 is 0 Å². The van der Waals surface area contributed by atoms with Gasteiger partial charge in [-0.25, -0.2) is 8.42 Å². The van der Waals surface area contributed by atoms with Crippen LogP contribution in [-0.2, 0) is 28.5 Å². The van der Waals surface area contributed by atoms with Crippen LogP contribution in [0.3, 0.4) is 0 Å². The maximum atomic E-state index is 12.7. The van der Waals surface area contributed by atoms with Gasteiger partial charge >= 0.3 is 6.18 Å². The Morgan fingerprint density at radius 3 is 2.21 bits per heavy atom. The van der Waals surface area contributed by atoms with Crippen molar-refractivity contribution in [2.45, 2.75) is 24.5 Å². The van der Waals surface area contributed by atoms with Crippen LogP contribution in [-0.4, -0.2) is 43.3 Å². The Bertz CT molecular complexity index is 930. The number of fused-ring (bicyclic) bond motifs is 1. The molecule has 2 aliphatic rings. The van der Waals surface area contributed by atoms with Crippen LogP contribution >= 0.6 is 0 Å². The molecule has 0 saturated carbocycles. The van der Waals surface area contributed by atoms with Crippen LogP contribution in [0.15, 0.2) is 54.6 Å². The topological polar surface area (TPSA) is 40.6 Å². The molecule has 2 aromatic carbocycles. The van der Waals surface area contributed by atoms with Gasteiger partial charge in [0.25, 0.3) is 0 Å². The Balaban J connectivity index is 1.37. The maximum absolute atomic E-state index is 12.7. The summed E-state index contributed by atoms with van der Waals surface area (Å²) in [6, 6.07) is 14.4. The molecule has 0 aromatic heterocycles. The Morgan fingerprint density at radius 2 is 1.57 bits per heavy atom. The van der Waals surface area contributed by atoms with Crippen molar-refractivity contribution in [3.8, 4) is 0 Å². The minimum absolute atomic E-state index is 0.00775. The SMILES string of the molecule is O=S(=O)(Cc1ccccc1)N1C[C@H]2CN(Cc3ccc(C(F)(F)F)cc3)[C@@H]2C1. The zero-order valence-electron chi connectivity index (χ0n) is 15.1. The molecule has 0 N–H and O–H groups in total. The van der Waals surface area contributed by atoms with Crippen molar-refractivity contribution in [1.82, 2.24) is 9.21 Å². The average Bonchev–Trinajstić information content (AvgIpc) is 2.98.